The Labute approximate surface area is 157 Å². The minimum atomic E-state index is -0.307. The number of aromatic nitrogens is 3. The number of nitrogen functional groups attached to an aromatic ring is 1. The van der Waals surface area contributed by atoms with Gasteiger partial charge in [0.1, 0.15) is 5.82 Å². The van der Waals surface area contributed by atoms with Crippen LogP contribution in [0.5, 0.6) is 0 Å². The predicted molar refractivity (Wildman–Crippen MR) is 103 cm³/mol. The maximum absolute atomic E-state index is 13.2. The number of fused-ring (bicyclic) bond motifs is 1. The summed E-state index contributed by atoms with van der Waals surface area (Å²) >= 11 is 0. The zero-order valence-corrected chi connectivity index (χ0v) is 15.5. The molecule has 2 N–H and O–H groups in total. The molecule has 3 aromatic rings. The molecule has 1 fully saturated rings. The number of halogens is 1. The second kappa shape index (κ2) is 7.11. The molecule has 0 spiro atoms. The van der Waals surface area contributed by atoms with Gasteiger partial charge in [-0.05, 0) is 30.2 Å². The van der Waals surface area contributed by atoms with Crippen molar-refractivity contribution in [2.75, 3.05) is 43.4 Å². The van der Waals surface area contributed by atoms with Crippen LogP contribution in [0, 0.1) is 11.7 Å². The van der Waals surface area contributed by atoms with Crippen LogP contribution in [0.1, 0.15) is 13.8 Å². The summed E-state index contributed by atoms with van der Waals surface area (Å²) < 4.78 is 19.0. The third kappa shape index (κ3) is 3.71. The largest absolute Gasteiger partial charge is 0.417 e. The van der Waals surface area contributed by atoms with Crippen molar-refractivity contribution in [1.82, 2.24) is 19.9 Å². The standard InChI is InChI=1S/C19H23FN6O/c1-12(2)11-25-7-9-26(10-8-25)16-15-18(24-19(21)23-16)27-17(22-15)13-3-5-14(20)6-4-13/h3-6,12H,7-11H2,1-2H3,(H2,21,23,24). The average Bonchev–Trinajstić information content (AvgIpc) is 3.05. The molecule has 0 amide bonds. The number of hydrogen-bond donors (Lipinski definition) is 1. The van der Waals surface area contributed by atoms with Crippen LogP contribution >= 0.6 is 0 Å². The first kappa shape index (κ1) is 17.7. The fourth-order valence-corrected chi connectivity index (χ4v) is 3.42. The monoisotopic (exact) mass is 370 g/mol. The van der Waals surface area contributed by atoms with Crippen LogP contribution in [0.3, 0.4) is 0 Å². The van der Waals surface area contributed by atoms with Gasteiger partial charge in [0.2, 0.25) is 11.8 Å². The quantitative estimate of drug-likeness (QED) is 0.756. The molecule has 2 aromatic heterocycles. The SMILES string of the molecule is CC(C)CN1CCN(c2nc(N)nc3oc(-c4ccc(F)cc4)nc23)CC1. The molecule has 1 aliphatic heterocycles. The fraction of sp³-hybridized carbons (Fsp3) is 0.421. The Hall–Kier alpha value is -2.74. The van der Waals surface area contributed by atoms with Gasteiger partial charge in [0.05, 0.1) is 0 Å². The lowest BCUT2D eigenvalue weighted by Gasteiger charge is -2.36. The highest BCUT2D eigenvalue weighted by atomic mass is 19.1. The van der Waals surface area contributed by atoms with Crippen molar-refractivity contribution in [1.29, 1.82) is 0 Å². The summed E-state index contributed by atoms with van der Waals surface area (Å²) in [4.78, 5) is 17.8. The Morgan fingerprint density at radius 2 is 1.78 bits per heavy atom. The molecule has 0 bridgehead atoms. The predicted octanol–water partition coefficient (Wildman–Crippen LogP) is 2.78. The first-order valence-corrected chi connectivity index (χ1v) is 9.17. The van der Waals surface area contributed by atoms with Crippen LogP contribution in [-0.4, -0.2) is 52.6 Å². The Balaban J connectivity index is 1.64. The lowest BCUT2D eigenvalue weighted by Crippen LogP contribution is -2.47. The van der Waals surface area contributed by atoms with E-state index >= 15 is 0 Å². The van der Waals surface area contributed by atoms with Crippen molar-refractivity contribution < 1.29 is 8.81 Å². The van der Waals surface area contributed by atoms with E-state index in [1.54, 1.807) is 12.1 Å². The van der Waals surface area contributed by atoms with E-state index in [9.17, 15) is 4.39 Å². The summed E-state index contributed by atoms with van der Waals surface area (Å²) in [6.07, 6.45) is 0. The van der Waals surface area contributed by atoms with Gasteiger partial charge < -0.3 is 15.1 Å². The van der Waals surface area contributed by atoms with Gasteiger partial charge in [0.15, 0.2) is 11.3 Å². The number of anilines is 2. The summed E-state index contributed by atoms with van der Waals surface area (Å²) in [5.41, 5.74) is 7.51. The molecule has 0 radical (unpaired) electrons. The van der Waals surface area contributed by atoms with E-state index in [2.05, 4.69) is 38.6 Å². The Morgan fingerprint density at radius 3 is 2.44 bits per heavy atom. The molecule has 4 rings (SSSR count). The Bertz CT molecular complexity index is 931. The molecule has 0 atom stereocenters. The van der Waals surface area contributed by atoms with E-state index in [1.165, 1.54) is 12.1 Å². The average molecular weight is 370 g/mol. The minimum Gasteiger partial charge on any atom is -0.417 e. The molecule has 3 heterocycles. The molecule has 7 nitrogen and oxygen atoms in total. The second-order valence-electron chi connectivity index (χ2n) is 7.27. The third-order valence-corrected chi connectivity index (χ3v) is 4.64. The lowest BCUT2D eigenvalue weighted by atomic mass is 10.2. The molecule has 8 heteroatoms. The maximum Gasteiger partial charge on any atom is 0.254 e. The molecule has 0 aliphatic carbocycles. The van der Waals surface area contributed by atoms with Gasteiger partial charge in [-0.25, -0.2) is 9.37 Å². The molecule has 0 saturated carbocycles. The highest BCUT2D eigenvalue weighted by Crippen LogP contribution is 2.30. The summed E-state index contributed by atoms with van der Waals surface area (Å²) in [7, 11) is 0. The normalized spacial score (nSPS) is 15.8. The van der Waals surface area contributed by atoms with E-state index in [0.29, 0.717) is 34.4 Å². The van der Waals surface area contributed by atoms with Crippen LogP contribution in [0.4, 0.5) is 16.2 Å². The summed E-state index contributed by atoms with van der Waals surface area (Å²) in [5, 5.41) is 0. The van der Waals surface area contributed by atoms with Crippen molar-refractivity contribution in [3.63, 3.8) is 0 Å². The Kier molecular flexibility index (Phi) is 4.65. The van der Waals surface area contributed by atoms with Crippen LogP contribution in [0.15, 0.2) is 28.7 Å². The second-order valence-corrected chi connectivity index (χ2v) is 7.27. The van der Waals surface area contributed by atoms with E-state index in [0.717, 1.165) is 32.7 Å². The first-order chi connectivity index (χ1) is 13.0. The molecule has 142 valence electrons. The van der Waals surface area contributed by atoms with Crippen LogP contribution in [-0.2, 0) is 0 Å². The minimum absolute atomic E-state index is 0.156. The van der Waals surface area contributed by atoms with Crippen LogP contribution in [0.2, 0.25) is 0 Å². The van der Waals surface area contributed by atoms with Gasteiger partial charge in [0, 0.05) is 38.3 Å². The number of benzene rings is 1. The Morgan fingerprint density at radius 1 is 1.07 bits per heavy atom. The molecular formula is C19H23FN6O. The van der Waals surface area contributed by atoms with Crippen molar-refractivity contribution in [3.05, 3.63) is 30.1 Å². The fourth-order valence-electron chi connectivity index (χ4n) is 3.42. The van der Waals surface area contributed by atoms with Crippen LogP contribution in [0.25, 0.3) is 22.7 Å². The number of rotatable bonds is 4. The zero-order chi connectivity index (χ0) is 19.0. The number of nitrogens with two attached hydrogens (primary N) is 1. The van der Waals surface area contributed by atoms with E-state index in [1.807, 2.05) is 0 Å². The zero-order valence-electron chi connectivity index (χ0n) is 15.5. The van der Waals surface area contributed by atoms with Crippen molar-refractivity contribution in [2.24, 2.45) is 5.92 Å². The van der Waals surface area contributed by atoms with E-state index in [4.69, 9.17) is 10.2 Å². The molecule has 1 saturated heterocycles. The van der Waals surface area contributed by atoms with Gasteiger partial charge in [0.25, 0.3) is 5.71 Å². The lowest BCUT2D eigenvalue weighted by molar-refractivity contribution is 0.231. The first-order valence-electron chi connectivity index (χ1n) is 9.17. The van der Waals surface area contributed by atoms with Gasteiger partial charge in [-0.3, -0.25) is 4.90 Å². The number of hydrogen-bond acceptors (Lipinski definition) is 7. The van der Waals surface area contributed by atoms with Gasteiger partial charge in [-0.2, -0.15) is 9.97 Å². The number of piperazine rings is 1. The topological polar surface area (TPSA) is 84.3 Å². The smallest absolute Gasteiger partial charge is 0.254 e. The van der Waals surface area contributed by atoms with Crippen molar-refractivity contribution in [2.45, 2.75) is 13.8 Å². The van der Waals surface area contributed by atoms with E-state index in [-0.39, 0.29) is 11.8 Å². The van der Waals surface area contributed by atoms with E-state index < -0.39 is 0 Å². The van der Waals surface area contributed by atoms with Crippen molar-refractivity contribution in [3.8, 4) is 11.5 Å². The molecule has 27 heavy (non-hydrogen) atoms. The highest BCUT2D eigenvalue weighted by Gasteiger charge is 2.24. The maximum atomic E-state index is 13.2. The van der Waals surface area contributed by atoms with Crippen LogP contribution < -0.4 is 10.6 Å². The molecule has 1 aliphatic rings. The summed E-state index contributed by atoms with van der Waals surface area (Å²) in [6.45, 7) is 9.17. The number of nitrogens with zero attached hydrogens (tertiary/aromatic N) is 5. The van der Waals surface area contributed by atoms with Gasteiger partial charge in [-0.1, -0.05) is 13.8 Å². The summed E-state index contributed by atoms with van der Waals surface area (Å²) in [5.74, 6) is 1.57. The highest BCUT2D eigenvalue weighted by molar-refractivity contribution is 5.85. The third-order valence-electron chi connectivity index (χ3n) is 4.64. The van der Waals surface area contributed by atoms with Gasteiger partial charge >= 0.3 is 0 Å². The molecule has 0 unspecified atom stereocenters. The molecular weight excluding hydrogens is 347 g/mol. The van der Waals surface area contributed by atoms with Crippen molar-refractivity contribution >= 4 is 23.0 Å². The summed E-state index contributed by atoms with van der Waals surface area (Å²) in [6, 6.07) is 6.00. The number of oxazole rings is 1. The van der Waals surface area contributed by atoms with Gasteiger partial charge in [-0.15, -0.1) is 0 Å². The molecule has 1 aromatic carbocycles.